The van der Waals surface area contributed by atoms with Crippen molar-refractivity contribution in [1.29, 1.82) is 0 Å². The van der Waals surface area contributed by atoms with Crippen LogP contribution in [-0.4, -0.2) is 34.9 Å². The first-order valence-corrected chi connectivity index (χ1v) is 5.79. The molecule has 92 valence electrons. The summed E-state index contributed by atoms with van der Waals surface area (Å²) < 4.78 is 0. The van der Waals surface area contributed by atoms with Crippen LogP contribution in [0.5, 0.6) is 0 Å². The molecule has 2 N–H and O–H groups in total. The third kappa shape index (κ3) is 2.77. The molecule has 1 aliphatic rings. The summed E-state index contributed by atoms with van der Waals surface area (Å²) in [6.45, 7) is 3.34. The van der Waals surface area contributed by atoms with E-state index in [0.29, 0.717) is 6.54 Å². The summed E-state index contributed by atoms with van der Waals surface area (Å²) >= 11 is 0. The first-order chi connectivity index (χ1) is 7.98. The Labute approximate surface area is 100 Å². The number of rotatable bonds is 2. The van der Waals surface area contributed by atoms with Crippen LogP contribution in [0.25, 0.3) is 0 Å². The first-order valence-electron chi connectivity index (χ1n) is 5.79. The lowest BCUT2D eigenvalue weighted by Gasteiger charge is -2.38. The minimum Gasteiger partial charge on any atom is -0.478 e. The number of hydrogen-bond donors (Lipinski definition) is 2. The van der Waals surface area contributed by atoms with E-state index in [9.17, 15) is 9.90 Å². The molecule has 0 spiro atoms. The number of piperidine rings is 1. The van der Waals surface area contributed by atoms with Crippen LogP contribution in [0, 0.1) is 0 Å². The average molecular weight is 235 g/mol. The van der Waals surface area contributed by atoms with Gasteiger partial charge in [0.05, 0.1) is 11.2 Å². The number of nitrogens with zero attached hydrogens (tertiary/aromatic N) is 1. The van der Waals surface area contributed by atoms with Crippen molar-refractivity contribution in [2.75, 3.05) is 18.0 Å². The summed E-state index contributed by atoms with van der Waals surface area (Å²) in [5.74, 6) is -0.915. The van der Waals surface area contributed by atoms with E-state index in [1.165, 1.54) is 0 Å². The molecule has 1 aromatic carbocycles. The van der Waals surface area contributed by atoms with Gasteiger partial charge in [-0.2, -0.15) is 0 Å². The summed E-state index contributed by atoms with van der Waals surface area (Å²) in [7, 11) is 0. The van der Waals surface area contributed by atoms with Crippen molar-refractivity contribution in [2.45, 2.75) is 25.4 Å². The van der Waals surface area contributed by atoms with E-state index in [1.54, 1.807) is 24.3 Å². The molecule has 0 saturated carbocycles. The van der Waals surface area contributed by atoms with Crippen LogP contribution >= 0.6 is 0 Å². The van der Waals surface area contributed by atoms with E-state index in [-0.39, 0.29) is 5.56 Å². The predicted molar refractivity (Wildman–Crippen MR) is 65.5 cm³/mol. The molecule has 0 bridgehead atoms. The largest absolute Gasteiger partial charge is 0.478 e. The second-order valence-electron chi connectivity index (χ2n) is 4.87. The number of β-amino-alcohol motifs (C(OH)–C–C–N with tert-alkyl or cyclic N) is 1. The van der Waals surface area contributed by atoms with Crippen molar-refractivity contribution in [2.24, 2.45) is 0 Å². The molecule has 1 fully saturated rings. The minimum atomic E-state index is -0.915. The normalized spacial score (nSPS) is 24.7. The molecule has 1 heterocycles. The summed E-state index contributed by atoms with van der Waals surface area (Å²) in [5.41, 5.74) is 0.608. The highest BCUT2D eigenvalue weighted by Gasteiger charge is 2.28. The number of carboxylic acids is 1. The van der Waals surface area contributed by atoms with Crippen LogP contribution in [0.2, 0.25) is 0 Å². The van der Waals surface area contributed by atoms with E-state index in [4.69, 9.17) is 5.11 Å². The zero-order valence-electron chi connectivity index (χ0n) is 9.89. The predicted octanol–water partition coefficient (Wildman–Crippen LogP) is 1.74. The highest BCUT2D eigenvalue weighted by Crippen LogP contribution is 2.25. The van der Waals surface area contributed by atoms with Gasteiger partial charge in [0.1, 0.15) is 0 Å². The molecule has 0 aromatic heterocycles. The fraction of sp³-hybridized carbons (Fsp3) is 0.462. The fourth-order valence-electron chi connectivity index (χ4n) is 2.26. The lowest BCUT2D eigenvalue weighted by molar-refractivity contribution is 0.0449. The van der Waals surface area contributed by atoms with Gasteiger partial charge in [-0.25, -0.2) is 4.79 Å². The Balaban J connectivity index is 2.14. The highest BCUT2D eigenvalue weighted by atomic mass is 16.4. The fourth-order valence-corrected chi connectivity index (χ4v) is 2.26. The maximum absolute atomic E-state index is 10.7. The Hall–Kier alpha value is -1.55. The average Bonchev–Trinajstić information content (AvgIpc) is 2.28. The first kappa shape index (κ1) is 11.9. The van der Waals surface area contributed by atoms with Crippen LogP contribution in [0.3, 0.4) is 0 Å². The second-order valence-corrected chi connectivity index (χ2v) is 4.87. The summed E-state index contributed by atoms with van der Waals surface area (Å²) in [4.78, 5) is 12.8. The third-order valence-electron chi connectivity index (χ3n) is 3.15. The smallest absolute Gasteiger partial charge is 0.335 e. The molecule has 17 heavy (non-hydrogen) atoms. The molecule has 0 amide bonds. The Bertz CT molecular complexity index is 411. The Morgan fingerprint density at radius 2 is 2.00 bits per heavy atom. The molecule has 0 radical (unpaired) electrons. The highest BCUT2D eigenvalue weighted by molar-refractivity contribution is 5.88. The number of aromatic carboxylic acids is 1. The summed E-state index contributed by atoms with van der Waals surface area (Å²) in [6, 6.07) is 6.79. The molecule has 1 aliphatic heterocycles. The number of carbonyl (C=O) groups is 1. The van der Waals surface area contributed by atoms with Gasteiger partial charge in [0.25, 0.3) is 0 Å². The van der Waals surface area contributed by atoms with Crippen LogP contribution in [0.4, 0.5) is 5.69 Å². The summed E-state index contributed by atoms with van der Waals surface area (Å²) in [6.07, 6.45) is 1.77. The molecule has 0 aliphatic carbocycles. The molecule has 1 atom stereocenters. The van der Waals surface area contributed by atoms with Crippen LogP contribution in [-0.2, 0) is 0 Å². The molecular weight excluding hydrogens is 218 g/mol. The van der Waals surface area contributed by atoms with E-state index in [2.05, 4.69) is 4.90 Å². The topological polar surface area (TPSA) is 60.8 Å². The third-order valence-corrected chi connectivity index (χ3v) is 3.15. The molecule has 2 rings (SSSR count). The van der Waals surface area contributed by atoms with Crippen molar-refractivity contribution < 1.29 is 15.0 Å². The maximum atomic E-state index is 10.7. The van der Waals surface area contributed by atoms with E-state index in [1.807, 2.05) is 6.92 Å². The Morgan fingerprint density at radius 1 is 1.35 bits per heavy atom. The second kappa shape index (κ2) is 4.37. The molecule has 4 heteroatoms. The molecule has 1 saturated heterocycles. The van der Waals surface area contributed by atoms with Crippen molar-refractivity contribution in [3.05, 3.63) is 29.8 Å². The lowest BCUT2D eigenvalue weighted by atomic mass is 9.95. The van der Waals surface area contributed by atoms with Crippen molar-refractivity contribution in [3.8, 4) is 0 Å². The van der Waals surface area contributed by atoms with E-state index < -0.39 is 11.6 Å². The van der Waals surface area contributed by atoms with Gasteiger partial charge in [-0.05, 0) is 44.0 Å². The Morgan fingerprint density at radius 3 is 2.53 bits per heavy atom. The number of anilines is 1. The van der Waals surface area contributed by atoms with E-state index in [0.717, 1.165) is 25.1 Å². The zero-order chi connectivity index (χ0) is 12.5. The lowest BCUT2D eigenvalue weighted by Crippen LogP contribution is -2.46. The zero-order valence-corrected chi connectivity index (χ0v) is 9.89. The van der Waals surface area contributed by atoms with Gasteiger partial charge in [0.2, 0.25) is 0 Å². The van der Waals surface area contributed by atoms with E-state index >= 15 is 0 Å². The van der Waals surface area contributed by atoms with Crippen LogP contribution < -0.4 is 4.90 Å². The van der Waals surface area contributed by atoms with Gasteiger partial charge < -0.3 is 15.1 Å². The number of benzene rings is 1. The molecule has 1 aromatic rings. The standard InChI is InChI=1S/C13H17NO3/c1-13(17)7-2-8-14(9-13)11-5-3-10(4-6-11)12(15)16/h3-6,17H,2,7-9H2,1H3,(H,15,16). The van der Waals surface area contributed by atoms with Crippen LogP contribution in [0.1, 0.15) is 30.1 Å². The number of aliphatic hydroxyl groups is 1. The van der Waals surface area contributed by atoms with Gasteiger partial charge in [-0.15, -0.1) is 0 Å². The van der Waals surface area contributed by atoms with Gasteiger partial charge in [0, 0.05) is 18.8 Å². The van der Waals surface area contributed by atoms with Crippen molar-refractivity contribution in [1.82, 2.24) is 0 Å². The van der Waals surface area contributed by atoms with Crippen LogP contribution in [0.15, 0.2) is 24.3 Å². The SMILES string of the molecule is CC1(O)CCCN(c2ccc(C(=O)O)cc2)C1. The monoisotopic (exact) mass is 235 g/mol. The maximum Gasteiger partial charge on any atom is 0.335 e. The molecular formula is C13H17NO3. The van der Waals surface area contributed by atoms with Gasteiger partial charge in [-0.1, -0.05) is 0 Å². The number of carboxylic acid groups (broad SMARTS) is 1. The number of hydrogen-bond acceptors (Lipinski definition) is 3. The molecule has 1 unspecified atom stereocenters. The van der Waals surface area contributed by atoms with Gasteiger partial charge in [-0.3, -0.25) is 0 Å². The van der Waals surface area contributed by atoms with Crippen molar-refractivity contribution >= 4 is 11.7 Å². The quantitative estimate of drug-likeness (QED) is 0.819. The Kier molecular flexibility index (Phi) is 3.07. The molecule has 4 nitrogen and oxygen atoms in total. The van der Waals surface area contributed by atoms with Crippen molar-refractivity contribution in [3.63, 3.8) is 0 Å². The van der Waals surface area contributed by atoms with Gasteiger partial charge in [0.15, 0.2) is 0 Å². The van der Waals surface area contributed by atoms with Gasteiger partial charge >= 0.3 is 5.97 Å². The minimum absolute atomic E-state index is 0.289. The summed E-state index contributed by atoms with van der Waals surface area (Å²) in [5, 5.41) is 18.8.